The molecule has 0 saturated heterocycles. The first-order chi connectivity index (χ1) is 6.85. The normalized spacial score (nSPS) is 15.1. The summed E-state index contributed by atoms with van der Waals surface area (Å²) in [5, 5.41) is -1.19. The van der Waals surface area contributed by atoms with E-state index in [0.717, 1.165) is 0 Å². The molecule has 0 aliphatic carbocycles. The number of carbonyl (C=O) groups excluding carboxylic acids is 1. The second-order valence-electron chi connectivity index (χ2n) is 3.31. The number of esters is 1. The average molecular weight is 232 g/mol. The lowest BCUT2D eigenvalue weighted by Gasteiger charge is -2.14. The molecule has 0 bridgehead atoms. The van der Waals surface area contributed by atoms with Gasteiger partial charge in [0.15, 0.2) is 15.1 Å². The van der Waals surface area contributed by atoms with Gasteiger partial charge >= 0.3 is 5.97 Å². The molecule has 0 amide bonds. The van der Waals surface area contributed by atoms with E-state index in [1.54, 1.807) is 6.92 Å². The van der Waals surface area contributed by atoms with Gasteiger partial charge in [-0.25, -0.2) is 8.42 Å². The molecular weight excluding hydrogens is 216 g/mol. The van der Waals surface area contributed by atoms with Gasteiger partial charge in [-0.2, -0.15) is 0 Å². The lowest BCUT2D eigenvalue weighted by Crippen LogP contribution is -2.32. The first-order valence-electron chi connectivity index (χ1n) is 4.70. The smallest absolute Gasteiger partial charge is 0.324 e. The Morgan fingerprint density at radius 1 is 1.47 bits per heavy atom. The van der Waals surface area contributed by atoms with Crippen molar-refractivity contribution in [3.05, 3.63) is 0 Å². The number of sulfone groups is 1. The van der Waals surface area contributed by atoms with E-state index in [4.69, 9.17) is 11.2 Å². The fraction of sp³-hybridized carbons (Fsp3) is 0.700. The molecule has 5 heteroatoms. The molecule has 0 aromatic rings. The number of carbonyl (C=O) groups is 1. The lowest BCUT2D eigenvalue weighted by molar-refractivity contribution is -0.147. The Balaban J connectivity index is 4.53. The Bertz CT molecular complexity index is 350. The van der Waals surface area contributed by atoms with Crippen LogP contribution < -0.4 is 0 Å². The summed E-state index contributed by atoms with van der Waals surface area (Å²) in [6.45, 7) is 4.84. The highest BCUT2D eigenvalue weighted by molar-refractivity contribution is 7.92. The molecule has 86 valence electrons. The first kappa shape index (κ1) is 14.0. The van der Waals surface area contributed by atoms with Gasteiger partial charge in [-0.05, 0) is 20.3 Å². The Kier molecular flexibility index (Phi) is 5.37. The molecule has 2 unspecified atom stereocenters. The van der Waals surface area contributed by atoms with Gasteiger partial charge in [-0.1, -0.05) is 12.8 Å². The quantitative estimate of drug-likeness (QED) is 0.519. The Labute approximate surface area is 90.9 Å². The molecule has 0 aromatic carbocycles. The summed E-state index contributed by atoms with van der Waals surface area (Å²) >= 11 is 0. The Morgan fingerprint density at radius 2 is 2.00 bits per heavy atom. The van der Waals surface area contributed by atoms with Gasteiger partial charge < -0.3 is 4.74 Å². The number of hydrogen-bond acceptors (Lipinski definition) is 4. The molecule has 0 aliphatic rings. The van der Waals surface area contributed by atoms with E-state index >= 15 is 0 Å². The van der Waals surface area contributed by atoms with E-state index in [1.807, 2.05) is 12.8 Å². The molecule has 0 spiro atoms. The standard InChI is InChI=1S/C10H16O4S/c1-5-7-15(12,13)9(4)10(11)14-8(3)6-2/h1,8-9H,6-7H2,2-4H3. The molecule has 0 aliphatic heterocycles. The van der Waals surface area contributed by atoms with Crippen LogP contribution in [-0.2, 0) is 19.4 Å². The average Bonchev–Trinajstić information content (AvgIpc) is 2.16. The summed E-state index contributed by atoms with van der Waals surface area (Å²) in [6.07, 6.45) is 5.27. The second kappa shape index (κ2) is 5.76. The van der Waals surface area contributed by atoms with Crippen molar-refractivity contribution in [3.63, 3.8) is 0 Å². The van der Waals surface area contributed by atoms with E-state index in [0.29, 0.717) is 6.42 Å². The molecule has 0 radical (unpaired) electrons. The first-order valence-corrected chi connectivity index (χ1v) is 6.42. The summed E-state index contributed by atoms with van der Waals surface area (Å²) < 4.78 is 27.7. The van der Waals surface area contributed by atoms with E-state index in [1.165, 1.54) is 6.92 Å². The molecular formula is C10H16O4S. The third-order valence-electron chi connectivity index (χ3n) is 2.05. The molecule has 0 rings (SSSR count). The number of rotatable bonds is 5. The van der Waals surface area contributed by atoms with Crippen LogP contribution in [0, 0.1) is 12.3 Å². The van der Waals surface area contributed by atoms with Crippen LogP contribution in [0.2, 0.25) is 0 Å². The minimum absolute atomic E-state index is 0.277. The van der Waals surface area contributed by atoms with Crippen LogP contribution in [0.25, 0.3) is 0 Å². The summed E-state index contributed by atoms with van der Waals surface area (Å²) in [5.41, 5.74) is 0. The van der Waals surface area contributed by atoms with E-state index < -0.39 is 26.8 Å². The molecule has 2 atom stereocenters. The predicted molar refractivity (Wildman–Crippen MR) is 57.9 cm³/mol. The molecule has 0 N–H and O–H groups in total. The lowest BCUT2D eigenvalue weighted by atomic mass is 10.3. The Morgan fingerprint density at radius 3 is 2.40 bits per heavy atom. The number of hydrogen-bond donors (Lipinski definition) is 0. The van der Waals surface area contributed by atoms with Crippen molar-refractivity contribution in [2.75, 3.05) is 5.75 Å². The van der Waals surface area contributed by atoms with Gasteiger partial charge in [-0.15, -0.1) is 6.42 Å². The van der Waals surface area contributed by atoms with Crippen LogP contribution in [0.15, 0.2) is 0 Å². The van der Waals surface area contributed by atoms with E-state index in [-0.39, 0.29) is 6.10 Å². The molecule has 0 fully saturated rings. The maximum absolute atomic E-state index is 11.4. The summed E-state index contributed by atoms with van der Waals surface area (Å²) in [5.74, 6) is 0.838. The van der Waals surface area contributed by atoms with Gasteiger partial charge in [0.2, 0.25) is 0 Å². The van der Waals surface area contributed by atoms with E-state index in [2.05, 4.69) is 0 Å². The topological polar surface area (TPSA) is 60.4 Å². The van der Waals surface area contributed by atoms with Crippen molar-refractivity contribution >= 4 is 15.8 Å². The molecule has 15 heavy (non-hydrogen) atoms. The van der Waals surface area contributed by atoms with Gasteiger partial charge in [0.25, 0.3) is 0 Å². The van der Waals surface area contributed by atoms with Crippen molar-refractivity contribution in [1.29, 1.82) is 0 Å². The van der Waals surface area contributed by atoms with E-state index in [9.17, 15) is 13.2 Å². The van der Waals surface area contributed by atoms with Gasteiger partial charge in [0, 0.05) is 0 Å². The van der Waals surface area contributed by atoms with Crippen LogP contribution in [0.5, 0.6) is 0 Å². The van der Waals surface area contributed by atoms with Crippen LogP contribution in [0.4, 0.5) is 0 Å². The second-order valence-corrected chi connectivity index (χ2v) is 5.63. The van der Waals surface area contributed by atoms with Crippen molar-refractivity contribution in [3.8, 4) is 12.3 Å². The maximum Gasteiger partial charge on any atom is 0.324 e. The minimum atomic E-state index is -3.57. The third kappa shape index (κ3) is 4.34. The fourth-order valence-electron chi connectivity index (χ4n) is 0.765. The third-order valence-corrected chi connectivity index (χ3v) is 3.89. The Hall–Kier alpha value is -1.02. The van der Waals surface area contributed by atoms with Crippen molar-refractivity contribution in [2.45, 2.75) is 38.5 Å². The van der Waals surface area contributed by atoms with Crippen molar-refractivity contribution in [2.24, 2.45) is 0 Å². The van der Waals surface area contributed by atoms with Crippen LogP contribution in [-0.4, -0.2) is 31.5 Å². The fourth-order valence-corrected chi connectivity index (χ4v) is 1.60. The summed E-state index contributed by atoms with van der Waals surface area (Å²) in [6, 6.07) is 0. The van der Waals surface area contributed by atoms with Gasteiger partial charge in [0.1, 0.15) is 5.75 Å². The zero-order chi connectivity index (χ0) is 12.1. The maximum atomic E-state index is 11.4. The van der Waals surface area contributed by atoms with Gasteiger partial charge in [0.05, 0.1) is 6.10 Å². The predicted octanol–water partition coefficient (Wildman–Crippen LogP) is 0.765. The van der Waals surface area contributed by atoms with Crippen molar-refractivity contribution < 1.29 is 17.9 Å². The highest BCUT2D eigenvalue weighted by Crippen LogP contribution is 2.07. The molecule has 0 saturated carbocycles. The van der Waals surface area contributed by atoms with Crippen LogP contribution in [0.1, 0.15) is 27.2 Å². The SMILES string of the molecule is C#CCS(=O)(=O)C(C)C(=O)OC(C)CC. The highest BCUT2D eigenvalue weighted by atomic mass is 32.2. The summed E-state index contributed by atoms with van der Waals surface area (Å²) in [4.78, 5) is 11.4. The molecule has 0 heterocycles. The van der Waals surface area contributed by atoms with Crippen molar-refractivity contribution in [1.82, 2.24) is 0 Å². The van der Waals surface area contributed by atoms with Crippen LogP contribution >= 0.6 is 0 Å². The van der Waals surface area contributed by atoms with Crippen LogP contribution in [0.3, 0.4) is 0 Å². The minimum Gasteiger partial charge on any atom is -0.462 e. The monoisotopic (exact) mass is 232 g/mol. The zero-order valence-corrected chi connectivity index (χ0v) is 10.0. The largest absolute Gasteiger partial charge is 0.462 e. The number of ether oxygens (including phenoxy) is 1. The number of terminal acetylenes is 1. The zero-order valence-electron chi connectivity index (χ0n) is 9.19. The summed E-state index contributed by atoms with van der Waals surface area (Å²) in [7, 11) is -3.57. The molecule has 4 nitrogen and oxygen atoms in total. The highest BCUT2D eigenvalue weighted by Gasteiger charge is 2.29. The molecule has 0 aromatic heterocycles. The van der Waals surface area contributed by atoms with Gasteiger partial charge in [-0.3, -0.25) is 4.79 Å².